The van der Waals surface area contributed by atoms with Gasteiger partial charge >= 0.3 is 5.97 Å². The van der Waals surface area contributed by atoms with Crippen molar-refractivity contribution in [3.63, 3.8) is 0 Å². The molecule has 4 heteroatoms. The summed E-state index contributed by atoms with van der Waals surface area (Å²) >= 11 is 0. The summed E-state index contributed by atoms with van der Waals surface area (Å²) in [4.78, 5) is 13.5. The van der Waals surface area contributed by atoms with Crippen LogP contribution >= 0.6 is 0 Å². The van der Waals surface area contributed by atoms with Crippen molar-refractivity contribution in [3.05, 3.63) is 0 Å². The summed E-state index contributed by atoms with van der Waals surface area (Å²) in [5.41, 5.74) is -0.555. The highest BCUT2D eigenvalue weighted by Crippen LogP contribution is 2.31. The molecule has 2 heterocycles. The molecule has 86 valence electrons. The van der Waals surface area contributed by atoms with Gasteiger partial charge in [0.05, 0.1) is 12.0 Å². The van der Waals surface area contributed by atoms with Gasteiger partial charge < -0.3 is 9.84 Å². The number of carbonyl (C=O) groups is 1. The Kier molecular flexibility index (Phi) is 2.98. The zero-order valence-electron chi connectivity index (χ0n) is 9.24. The molecule has 0 radical (unpaired) electrons. The van der Waals surface area contributed by atoms with E-state index in [1.807, 2.05) is 6.92 Å². The Morgan fingerprint density at radius 3 is 3.00 bits per heavy atom. The van der Waals surface area contributed by atoms with Gasteiger partial charge in [-0.2, -0.15) is 0 Å². The second-order valence-corrected chi connectivity index (χ2v) is 4.96. The summed E-state index contributed by atoms with van der Waals surface area (Å²) in [6.07, 6.45) is 2.83. The number of nitrogens with zero attached hydrogens (tertiary/aromatic N) is 1. The van der Waals surface area contributed by atoms with Crippen LogP contribution in [0, 0.1) is 5.41 Å². The molecule has 0 aromatic carbocycles. The van der Waals surface area contributed by atoms with E-state index >= 15 is 0 Å². The average molecular weight is 213 g/mol. The maximum Gasteiger partial charge on any atom is 0.310 e. The van der Waals surface area contributed by atoms with E-state index in [-0.39, 0.29) is 0 Å². The molecule has 2 aliphatic heterocycles. The van der Waals surface area contributed by atoms with Gasteiger partial charge in [-0.25, -0.2) is 0 Å². The summed E-state index contributed by atoms with van der Waals surface area (Å²) in [7, 11) is 0. The number of rotatable bonds is 2. The largest absolute Gasteiger partial charge is 0.481 e. The Balaban J connectivity index is 2.00. The van der Waals surface area contributed by atoms with Crippen LogP contribution in [0.4, 0.5) is 0 Å². The SMILES string of the molecule is CC1(C(=O)O)CCCN(C2CCOC2)C1. The van der Waals surface area contributed by atoms with E-state index in [0.29, 0.717) is 12.6 Å². The van der Waals surface area contributed by atoms with E-state index in [9.17, 15) is 9.90 Å². The minimum absolute atomic E-state index is 0.448. The lowest BCUT2D eigenvalue weighted by Gasteiger charge is -2.40. The summed E-state index contributed by atoms with van der Waals surface area (Å²) < 4.78 is 5.35. The number of hydrogen-bond donors (Lipinski definition) is 1. The van der Waals surface area contributed by atoms with Crippen LogP contribution in [0.15, 0.2) is 0 Å². The Morgan fingerprint density at radius 2 is 2.40 bits per heavy atom. The molecular formula is C11H19NO3. The second kappa shape index (κ2) is 4.10. The Morgan fingerprint density at radius 1 is 1.60 bits per heavy atom. The van der Waals surface area contributed by atoms with Crippen molar-refractivity contribution in [2.75, 3.05) is 26.3 Å². The fourth-order valence-corrected chi connectivity index (χ4v) is 2.57. The molecule has 0 aromatic heterocycles. The smallest absolute Gasteiger partial charge is 0.310 e. The zero-order valence-corrected chi connectivity index (χ0v) is 9.24. The summed E-state index contributed by atoms with van der Waals surface area (Å²) in [5.74, 6) is -0.661. The molecule has 2 fully saturated rings. The van der Waals surface area contributed by atoms with Crippen LogP contribution in [-0.4, -0.2) is 48.3 Å². The third-order valence-electron chi connectivity index (χ3n) is 3.66. The van der Waals surface area contributed by atoms with Gasteiger partial charge in [0.15, 0.2) is 0 Å². The highest BCUT2D eigenvalue weighted by atomic mass is 16.5. The minimum Gasteiger partial charge on any atom is -0.481 e. The van der Waals surface area contributed by atoms with Crippen LogP contribution in [0.2, 0.25) is 0 Å². The van der Waals surface area contributed by atoms with Gasteiger partial charge in [-0.15, -0.1) is 0 Å². The van der Waals surface area contributed by atoms with Gasteiger partial charge in [0.25, 0.3) is 0 Å². The van der Waals surface area contributed by atoms with E-state index in [1.54, 1.807) is 0 Å². The first kappa shape index (κ1) is 10.9. The molecule has 0 bridgehead atoms. The van der Waals surface area contributed by atoms with Gasteiger partial charge in [-0.3, -0.25) is 9.69 Å². The molecule has 2 unspecified atom stereocenters. The van der Waals surface area contributed by atoms with E-state index in [1.165, 1.54) is 0 Å². The first-order valence-electron chi connectivity index (χ1n) is 5.67. The molecule has 2 atom stereocenters. The maximum atomic E-state index is 11.2. The van der Waals surface area contributed by atoms with Gasteiger partial charge in [0.2, 0.25) is 0 Å². The van der Waals surface area contributed by atoms with Crippen molar-refractivity contribution in [2.24, 2.45) is 5.41 Å². The number of piperidine rings is 1. The highest BCUT2D eigenvalue weighted by Gasteiger charge is 2.40. The molecule has 0 aromatic rings. The molecule has 2 saturated heterocycles. The van der Waals surface area contributed by atoms with Crippen molar-refractivity contribution < 1.29 is 14.6 Å². The third kappa shape index (κ3) is 2.16. The Hall–Kier alpha value is -0.610. The number of hydrogen-bond acceptors (Lipinski definition) is 3. The van der Waals surface area contributed by atoms with Crippen LogP contribution in [0.3, 0.4) is 0 Å². The molecule has 0 spiro atoms. The molecule has 0 amide bonds. The van der Waals surface area contributed by atoms with Crippen LogP contribution in [0.25, 0.3) is 0 Å². The Bertz CT molecular complexity index is 250. The summed E-state index contributed by atoms with van der Waals surface area (Å²) in [5, 5.41) is 9.20. The molecule has 15 heavy (non-hydrogen) atoms. The lowest BCUT2D eigenvalue weighted by atomic mass is 9.81. The number of carboxylic acids is 1. The molecular weight excluding hydrogens is 194 g/mol. The lowest BCUT2D eigenvalue weighted by molar-refractivity contribution is -0.151. The summed E-state index contributed by atoms with van der Waals surface area (Å²) in [6.45, 7) is 5.16. The monoisotopic (exact) mass is 213 g/mol. The van der Waals surface area contributed by atoms with Gasteiger partial charge in [-0.1, -0.05) is 0 Å². The quantitative estimate of drug-likeness (QED) is 0.742. The summed E-state index contributed by atoms with van der Waals surface area (Å²) in [6, 6.07) is 0.448. The van der Waals surface area contributed by atoms with Gasteiger partial charge in [-0.05, 0) is 32.7 Å². The molecule has 2 rings (SSSR count). The predicted octanol–water partition coefficient (Wildman–Crippen LogP) is 0.962. The standard InChI is InChI=1S/C11H19NO3/c1-11(10(13)14)4-2-5-12(8-11)9-3-6-15-7-9/h9H,2-8H2,1H3,(H,13,14). The van der Waals surface area contributed by atoms with Gasteiger partial charge in [0.1, 0.15) is 0 Å². The normalized spacial score (nSPS) is 38.1. The second-order valence-electron chi connectivity index (χ2n) is 4.96. The highest BCUT2D eigenvalue weighted by molar-refractivity contribution is 5.74. The molecule has 4 nitrogen and oxygen atoms in total. The number of ether oxygens (including phenoxy) is 1. The van der Waals surface area contributed by atoms with Crippen LogP contribution in [0.5, 0.6) is 0 Å². The molecule has 2 aliphatic rings. The lowest BCUT2D eigenvalue weighted by Crippen LogP contribution is -2.50. The minimum atomic E-state index is -0.661. The van der Waals surface area contributed by atoms with E-state index in [2.05, 4.69) is 4.90 Å². The van der Waals surface area contributed by atoms with Crippen molar-refractivity contribution in [1.82, 2.24) is 4.90 Å². The van der Waals surface area contributed by atoms with Crippen molar-refractivity contribution in [1.29, 1.82) is 0 Å². The molecule has 1 N–H and O–H groups in total. The Labute approximate surface area is 90.2 Å². The fraction of sp³-hybridized carbons (Fsp3) is 0.909. The topological polar surface area (TPSA) is 49.8 Å². The van der Waals surface area contributed by atoms with E-state index in [0.717, 1.165) is 39.0 Å². The third-order valence-corrected chi connectivity index (χ3v) is 3.66. The van der Waals surface area contributed by atoms with Crippen molar-refractivity contribution in [2.45, 2.75) is 32.2 Å². The average Bonchev–Trinajstić information content (AvgIpc) is 2.70. The number of carboxylic acid groups (broad SMARTS) is 1. The maximum absolute atomic E-state index is 11.2. The van der Waals surface area contributed by atoms with Crippen LogP contribution in [-0.2, 0) is 9.53 Å². The van der Waals surface area contributed by atoms with Crippen molar-refractivity contribution >= 4 is 5.97 Å². The van der Waals surface area contributed by atoms with Crippen LogP contribution < -0.4 is 0 Å². The predicted molar refractivity (Wildman–Crippen MR) is 55.8 cm³/mol. The first-order chi connectivity index (χ1) is 7.12. The molecule has 0 aliphatic carbocycles. The number of likely N-dealkylation sites (tertiary alicyclic amines) is 1. The first-order valence-corrected chi connectivity index (χ1v) is 5.67. The zero-order chi connectivity index (χ0) is 10.9. The van der Waals surface area contributed by atoms with Crippen LogP contribution in [0.1, 0.15) is 26.2 Å². The van der Waals surface area contributed by atoms with Gasteiger partial charge in [0, 0.05) is 19.2 Å². The number of aliphatic carboxylic acids is 1. The fourth-order valence-electron chi connectivity index (χ4n) is 2.57. The van der Waals surface area contributed by atoms with Crippen molar-refractivity contribution in [3.8, 4) is 0 Å². The van der Waals surface area contributed by atoms with E-state index in [4.69, 9.17) is 4.74 Å². The molecule has 0 saturated carbocycles. The van der Waals surface area contributed by atoms with E-state index < -0.39 is 11.4 Å².